The molecule has 2 aromatic rings. The van der Waals surface area contributed by atoms with E-state index in [1.165, 1.54) is 5.56 Å². The molecule has 0 radical (unpaired) electrons. The Morgan fingerprint density at radius 3 is 2.70 bits per heavy atom. The summed E-state index contributed by atoms with van der Waals surface area (Å²) >= 11 is 0. The van der Waals surface area contributed by atoms with Crippen LogP contribution in [0.5, 0.6) is 0 Å². The standard InChI is InChI=1S/C15H21N3O2/c1-3-11-6-8-12(9-7-11)14-17-15(20-18-14)13(16)5-4-10-19-2/h6-9,13H,3-5,10,16H2,1-2H3. The Morgan fingerprint density at radius 2 is 2.05 bits per heavy atom. The van der Waals surface area contributed by atoms with E-state index < -0.39 is 0 Å². The fourth-order valence-corrected chi connectivity index (χ4v) is 1.96. The summed E-state index contributed by atoms with van der Waals surface area (Å²) in [6, 6.07) is 7.92. The van der Waals surface area contributed by atoms with Gasteiger partial charge in [-0.2, -0.15) is 4.98 Å². The number of ether oxygens (including phenoxy) is 1. The van der Waals surface area contributed by atoms with E-state index in [0.717, 1.165) is 24.8 Å². The topological polar surface area (TPSA) is 74.2 Å². The van der Waals surface area contributed by atoms with Crippen LogP contribution >= 0.6 is 0 Å². The zero-order chi connectivity index (χ0) is 14.4. The predicted octanol–water partition coefficient (Wildman–Crippen LogP) is 2.73. The lowest BCUT2D eigenvalue weighted by Crippen LogP contribution is -2.11. The van der Waals surface area contributed by atoms with Crippen molar-refractivity contribution in [1.29, 1.82) is 0 Å². The second kappa shape index (κ2) is 7.17. The van der Waals surface area contributed by atoms with E-state index in [2.05, 4.69) is 29.2 Å². The van der Waals surface area contributed by atoms with Gasteiger partial charge in [0.05, 0.1) is 6.04 Å². The molecule has 0 aliphatic rings. The lowest BCUT2D eigenvalue weighted by Gasteiger charge is -2.05. The van der Waals surface area contributed by atoms with E-state index in [1.54, 1.807) is 7.11 Å². The van der Waals surface area contributed by atoms with Crippen LogP contribution in [0.3, 0.4) is 0 Å². The first kappa shape index (κ1) is 14.7. The molecule has 2 N–H and O–H groups in total. The first-order valence-corrected chi connectivity index (χ1v) is 6.92. The molecule has 5 nitrogen and oxygen atoms in total. The lowest BCUT2D eigenvalue weighted by atomic mass is 10.1. The van der Waals surface area contributed by atoms with E-state index in [1.807, 2.05) is 12.1 Å². The summed E-state index contributed by atoms with van der Waals surface area (Å²) in [6.45, 7) is 2.81. The van der Waals surface area contributed by atoms with Crippen LogP contribution in [-0.2, 0) is 11.2 Å². The van der Waals surface area contributed by atoms with Gasteiger partial charge in [0.15, 0.2) is 0 Å². The van der Waals surface area contributed by atoms with Crippen molar-refractivity contribution in [3.63, 3.8) is 0 Å². The number of hydrogen-bond acceptors (Lipinski definition) is 5. The molecule has 1 heterocycles. The third-order valence-electron chi connectivity index (χ3n) is 3.24. The zero-order valence-electron chi connectivity index (χ0n) is 12.0. The quantitative estimate of drug-likeness (QED) is 0.786. The molecule has 20 heavy (non-hydrogen) atoms. The largest absolute Gasteiger partial charge is 0.385 e. The minimum atomic E-state index is -0.235. The average molecular weight is 275 g/mol. The van der Waals surface area contributed by atoms with Gasteiger partial charge in [-0.1, -0.05) is 36.3 Å². The van der Waals surface area contributed by atoms with Gasteiger partial charge in [0.2, 0.25) is 11.7 Å². The molecule has 108 valence electrons. The third kappa shape index (κ3) is 3.65. The van der Waals surface area contributed by atoms with Gasteiger partial charge in [-0.3, -0.25) is 0 Å². The monoisotopic (exact) mass is 275 g/mol. The van der Waals surface area contributed by atoms with Crippen molar-refractivity contribution in [3.05, 3.63) is 35.7 Å². The van der Waals surface area contributed by atoms with E-state index in [-0.39, 0.29) is 6.04 Å². The Kier molecular flexibility index (Phi) is 5.26. The van der Waals surface area contributed by atoms with Gasteiger partial charge in [0, 0.05) is 19.3 Å². The van der Waals surface area contributed by atoms with Crippen LogP contribution in [0.4, 0.5) is 0 Å². The summed E-state index contributed by atoms with van der Waals surface area (Å²) < 4.78 is 10.2. The molecule has 2 rings (SSSR count). The molecule has 0 fully saturated rings. The van der Waals surface area contributed by atoms with E-state index in [9.17, 15) is 0 Å². The Morgan fingerprint density at radius 1 is 1.30 bits per heavy atom. The molecular weight excluding hydrogens is 254 g/mol. The molecule has 1 unspecified atom stereocenters. The van der Waals surface area contributed by atoms with Crippen molar-refractivity contribution in [1.82, 2.24) is 10.1 Å². The molecule has 1 aromatic carbocycles. The van der Waals surface area contributed by atoms with Crippen molar-refractivity contribution in [3.8, 4) is 11.4 Å². The van der Waals surface area contributed by atoms with Crippen molar-refractivity contribution in [2.45, 2.75) is 32.2 Å². The molecule has 0 saturated heterocycles. The summed E-state index contributed by atoms with van der Waals surface area (Å²) in [7, 11) is 1.68. The number of rotatable bonds is 7. The summed E-state index contributed by atoms with van der Waals surface area (Å²) in [5.74, 6) is 1.07. The minimum absolute atomic E-state index is 0.235. The highest BCUT2D eigenvalue weighted by Gasteiger charge is 2.15. The maximum Gasteiger partial charge on any atom is 0.243 e. The van der Waals surface area contributed by atoms with Crippen LogP contribution in [0.1, 0.15) is 37.3 Å². The normalized spacial score (nSPS) is 12.6. The van der Waals surface area contributed by atoms with Gasteiger partial charge < -0.3 is 15.0 Å². The maximum absolute atomic E-state index is 6.02. The van der Waals surface area contributed by atoms with Gasteiger partial charge in [-0.15, -0.1) is 0 Å². The SMILES string of the molecule is CCc1ccc(-c2noc(C(N)CCCOC)n2)cc1. The first-order chi connectivity index (χ1) is 9.74. The van der Waals surface area contributed by atoms with Crippen LogP contribution in [0.15, 0.2) is 28.8 Å². The van der Waals surface area contributed by atoms with Crippen molar-refractivity contribution in [2.24, 2.45) is 5.73 Å². The lowest BCUT2D eigenvalue weighted by molar-refractivity contribution is 0.188. The second-order valence-corrected chi connectivity index (χ2v) is 4.75. The van der Waals surface area contributed by atoms with E-state index >= 15 is 0 Å². The molecule has 0 saturated carbocycles. The molecule has 0 bridgehead atoms. The summed E-state index contributed by atoms with van der Waals surface area (Å²) in [5.41, 5.74) is 8.25. The number of nitrogens with two attached hydrogens (primary N) is 1. The number of aromatic nitrogens is 2. The molecule has 1 atom stereocenters. The molecule has 0 aliphatic carbocycles. The minimum Gasteiger partial charge on any atom is -0.385 e. The smallest absolute Gasteiger partial charge is 0.243 e. The predicted molar refractivity (Wildman–Crippen MR) is 77.2 cm³/mol. The Hall–Kier alpha value is -1.72. The summed E-state index contributed by atoms with van der Waals surface area (Å²) in [5, 5.41) is 3.99. The van der Waals surface area contributed by atoms with Crippen LogP contribution in [0, 0.1) is 0 Å². The molecular formula is C15H21N3O2. The van der Waals surface area contributed by atoms with Crippen molar-refractivity contribution < 1.29 is 9.26 Å². The third-order valence-corrected chi connectivity index (χ3v) is 3.24. The van der Waals surface area contributed by atoms with Gasteiger partial charge >= 0.3 is 0 Å². The Labute approximate surface area is 119 Å². The number of benzene rings is 1. The number of methoxy groups -OCH3 is 1. The van der Waals surface area contributed by atoms with Crippen LogP contribution in [0.25, 0.3) is 11.4 Å². The highest BCUT2D eigenvalue weighted by molar-refractivity contribution is 5.54. The van der Waals surface area contributed by atoms with Gasteiger partial charge in [-0.25, -0.2) is 0 Å². The van der Waals surface area contributed by atoms with Crippen LogP contribution < -0.4 is 5.73 Å². The van der Waals surface area contributed by atoms with Crippen LogP contribution in [-0.4, -0.2) is 23.9 Å². The Bertz CT molecular complexity index is 522. The Balaban J connectivity index is 2.03. The average Bonchev–Trinajstić information content (AvgIpc) is 2.97. The van der Waals surface area contributed by atoms with Gasteiger partial charge in [-0.05, 0) is 24.8 Å². The van der Waals surface area contributed by atoms with Crippen molar-refractivity contribution >= 4 is 0 Å². The first-order valence-electron chi connectivity index (χ1n) is 6.92. The van der Waals surface area contributed by atoms with Gasteiger partial charge in [0.1, 0.15) is 0 Å². The highest BCUT2D eigenvalue weighted by atomic mass is 16.5. The van der Waals surface area contributed by atoms with Crippen LogP contribution in [0.2, 0.25) is 0 Å². The summed E-state index contributed by atoms with van der Waals surface area (Å²) in [4.78, 5) is 4.37. The molecule has 1 aromatic heterocycles. The van der Waals surface area contributed by atoms with E-state index in [4.69, 9.17) is 15.0 Å². The zero-order valence-corrected chi connectivity index (χ0v) is 12.0. The van der Waals surface area contributed by atoms with E-state index in [0.29, 0.717) is 18.3 Å². The maximum atomic E-state index is 6.02. The van der Waals surface area contributed by atoms with Crippen molar-refractivity contribution in [2.75, 3.05) is 13.7 Å². The number of aryl methyl sites for hydroxylation is 1. The number of hydrogen-bond donors (Lipinski definition) is 1. The fourth-order valence-electron chi connectivity index (χ4n) is 1.96. The number of nitrogens with zero attached hydrogens (tertiary/aromatic N) is 2. The highest BCUT2D eigenvalue weighted by Crippen LogP contribution is 2.20. The molecule has 0 amide bonds. The molecule has 0 spiro atoms. The molecule has 0 aliphatic heterocycles. The fraction of sp³-hybridized carbons (Fsp3) is 0.467. The van der Waals surface area contributed by atoms with Gasteiger partial charge in [0.25, 0.3) is 0 Å². The summed E-state index contributed by atoms with van der Waals surface area (Å²) in [6.07, 6.45) is 2.66. The molecule has 5 heteroatoms. The second-order valence-electron chi connectivity index (χ2n) is 4.75.